The molecule has 0 aliphatic heterocycles. The number of thiazole rings is 1. The quantitative estimate of drug-likeness (QED) is 0.373. The van der Waals surface area contributed by atoms with Gasteiger partial charge in [-0.3, -0.25) is 19.9 Å². The first kappa shape index (κ1) is 18.5. The van der Waals surface area contributed by atoms with E-state index in [-0.39, 0.29) is 11.3 Å². The summed E-state index contributed by atoms with van der Waals surface area (Å²) in [5.41, 5.74) is 3.26. The minimum atomic E-state index is -0.528. The first-order valence-corrected chi connectivity index (χ1v) is 9.50. The average Bonchev–Trinajstić information content (AvgIpc) is 3.25. The molecule has 0 radical (unpaired) electrons. The van der Waals surface area contributed by atoms with E-state index in [1.54, 1.807) is 18.5 Å². The van der Waals surface area contributed by atoms with E-state index in [4.69, 9.17) is 0 Å². The van der Waals surface area contributed by atoms with Crippen LogP contribution < -0.4 is 5.32 Å². The van der Waals surface area contributed by atoms with Crippen LogP contribution in [-0.4, -0.2) is 20.8 Å². The van der Waals surface area contributed by atoms with Crippen LogP contribution in [0.2, 0.25) is 0 Å². The van der Waals surface area contributed by atoms with Gasteiger partial charge in [-0.25, -0.2) is 4.98 Å². The summed E-state index contributed by atoms with van der Waals surface area (Å²) >= 11 is 1.52. The van der Waals surface area contributed by atoms with Crippen molar-refractivity contribution in [3.63, 3.8) is 0 Å². The van der Waals surface area contributed by atoms with E-state index < -0.39 is 10.8 Å². The molecule has 4 aromatic rings. The number of pyridine rings is 1. The number of non-ortho nitro benzene ring substituents is 1. The SMILES string of the molecule is O=C(Nc1cccc(-c2csc(-c3cccnc3)n2)c1)c1cccc([N+](=O)[O-])c1. The van der Waals surface area contributed by atoms with E-state index in [1.807, 2.05) is 35.7 Å². The highest BCUT2D eigenvalue weighted by Gasteiger charge is 2.13. The summed E-state index contributed by atoms with van der Waals surface area (Å²) in [6, 6.07) is 16.7. The molecule has 0 spiro atoms. The molecule has 0 aliphatic rings. The number of amides is 1. The van der Waals surface area contributed by atoms with Crippen LogP contribution in [0.25, 0.3) is 21.8 Å². The summed E-state index contributed by atoms with van der Waals surface area (Å²) < 4.78 is 0. The fraction of sp³-hybridized carbons (Fsp3) is 0. The van der Waals surface area contributed by atoms with Crippen LogP contribution in [0.3, 0.4) is 0 Å². The molecule has 0 fully saturated rings. The number of anilines is 1. The Morgan fingerprint density at radius 2 is 1.86 bits per heavy atom. The third-order valence-corrected chi connectivity index (χ3v) is 5.04. The molecule has 0 atom stereocenters. The van der Waals surface area contributed by atoms with Crippen molar-refractivity contribution in [3.8, 4) is 21.8 Å². The van der Waals surface area contributed by atoms with Crippen molar-refractivity contribution < 1.29 is 9.72 Å². The minimum absolute atomic E-state index is 0.128. The maximum Gasteiger partial charge on any atom is 0.270 e. The lowest BCUT2D eigenvalue weighted by molar-refractivity contribution is -0.384. The molecule has 8 heteroatoms. The maximum absolute atomic E-state index is 12.5. The number of carbonyl (C=O) groups is 1. The zero-order valence-electron chi connectivity index (χ0n) is 15.0. The topological polar surface area (TPSA) is 98.0 Å². The van der Waals surface area contributed by atoms with E-state index in [9.17, 15) is 14.9 Å². The van der Waals surface area contributed by atoms with Crippen LogP contribution >= 0.6 is 11.3 Å². The lowest BCUT2D eigenvalue weighted by Gasteiger charge is -2.07. The van der Waals surface area contributed by atoms with Gasteiger partial charge in [-0.05, 0) is 30.3 Å². The number of benzene rings is 2. The fourth-order valence-electron chi connectivity index (χ4n) is 2.75. The predicted molar refractivity (Wildman–Crippen MR) is 112 cm³/mol. The van der Waals surface area contributed by atoms with Crippen molar-refractivity contribution in [1.82, 2.24) is 9.97 Å². The minimum Gasteiger partial charge on any atom is -0.322 e. The monoisotopic (exact) mass is 402 g/mol. The van der Waals surface area contributed by atoms with Gasteiger partial charge in [0, 0.05) is 52.3 Å². The van der Waals surface area contributed by atoms with E-state index in [1.165, 1.54) is 35.6 Å². The number of hydrogen-bond donors (Lipinski definition) is 1. The van der Waals surface area contributed by atoms with Gasteiger partial charge in [0.2, 0.25) is 0 Å². The summed E-state index contributed by atoms with van der Waals surface area (Å²) in [6.07, 6.45) is 3.48. The Morgan fingerprint density at radius 1 is 1.03 bits per heavy atom. The van der Waals surface area contributed by atoms with Crippen molar-refractivity contribution in [2.45, 2.75) is 0 Å². The molecule has 29 heavy (non-hydrogen) atoms. The van der Waals surface area contributed by atoms with Gasteiger partial charge in [-0.2, -0.15) is 0 Å². The average molecular weight is 402 g/mol. The highest BCUT2D eigenvalue weighted by atomic mass is 32.1. The molecule has 7 nitrogen and oxygen atoms in total. The van der Waals surface area contributed by atoms with Gasteiger partial charge < -0.3 is 5.32 Å². The lowest BCUT2D eigenvalue weighted by Crippen LogP contribution is -2.12. The zero-order chi connectivity index (χ0) is 20.2. The molecule has 4 rings (SSSR count). The second kappa shape index (κ2) is 7.99. The van der Waals surface area contributed by atoms with Crippen molar-refractivity contribution in [2.75, 3.05) is 5.32 Å². The number of nitrogens with zero attached hydrogens (tertiary/aromatic N) is 3. The number of nitro groups is 1. The smallest absolute Gasteiger partial charge is 0.270 e. The predicted octanol–water partition coefficient (Wildman–Crippen LogP) is 5.03. The number of nitrogens with one attached hydrogen (secondary N) is 1. The van der Waals surface area contributed by atoms with E-state index in [0.717, 1.165) is 21.8 Å². The Bertz CT molecular complexity index is 1190. The van der Waals surface area contributed by atoms with Crippen molar-refractivity contribution in [3.05, 3.63) is 94.1 Å². The van der Waals surface area contributed by atoms with Crippen LogP contribution in [0.1, 0.15) is 10.4 Å². The van der Waals surface area contributed by atoms with Gasteiger partial charge in [0.15, 0.2) is 0 Å². The summed E-state index contributed by atoms with van der Waals surface area (Å²) in [5.74, 6) is -0.417. The number of aromatic nitrogens is 2. The molecule has 1 N–H and O–H groups in total. The van der Waals surface area contributed by atoms with Crippen molar-refractivity contribution >= 4 is 28.6 Å². The zero-order valence-corrected chi connectivity index (χ0v) is 15.8. The second-order valence-electron chi connectivity index (χ2n) is 6.12. The van der Waals surface area contributed by atoms with Crippen LogP contribution in [0.5, 0.6) is 0 Å². The number of carbonyl (C=O) groups excluding carboxylic acids is 1. The first-order valence-electron chi connectivity index (χ1n) is 8.62. The van der Waals surface area contributed by atoms with Gasteiger partial charge in [-0.1, -0.05) is 18.2 Å². The molecule has 0 aliphatic carbocycles. The van der Waals surface area contributed by atoms with Gasteiger partial charge in [0.05, 0.1) is 10.6 Å². The standard InChI is InChI=1S/C21H14N4O3S/c26-20(15-5-2-8-18(11-15)25(27)28)23-17-7-1-4-14(10-17)19-13-29-21(24-19)16-6-3-9-22-12-16/h1-13H,(H,23,26). The number of rotatable bonds is 5. The van der Waals surface area contributed by atoms with Gasteiger partial charge >= 0.3 is 0 Å². The van der Waals surface area contributed by atoms with Crippen LogP contribution in [-0.2, 0) is 0 Å². The molecule has 0 saturated heterocycles. The van der Waals surface area contributed by atoms with Gasteiger partial charge in [0.25, 0.3) is 11.6 Å². The van der Waals surface area contributed by atoms with Crippen LogP contribution in [0.15, 0.2) is 78.4 Å². The molecule has 142 valence electrons. The van der Waals surface area contributed by atoms with E-state index in [2.05, 4.69) is 15.3 Å². The molecular formula is C21H14N4O3S. The van der Waals surface area contributed by atoms with E-state index >= 15 is 0 Å². The molecule has 0 saturated carbocycles. The lowest BCUT2D eigenvalue weighted by atomic mass is 10.1. The second-order valence-corrected chi connectivity index (χ2v) is 6.98. The Kier molecular flexibility index (Phi) is 5.08. The van der Waals surface area contributed by atoms with Gasteiger partial charge in [-0.15, -0.1) is 11.3 Å². The third kappa shape index (κ3) is 4.17. The largest absolute Gasteiger partial charge is 0.322 e. The van der Waals surface area contributed by atoms with E-state index in [0.29, 0.717) is 5.69 Å². The maximum atomic E-state index is 12.5. The van der Waals surface area contributed by atoms with Crippen molar-refractivity contribution in [2.24, 2.45) is 0 Å². The van der Waals surface area contributed by atoms with Crippen LogP contribution in [0.4, 0.5) is 11.4 Å². The Hall–Kier alpha value is -3.91. The molecule has 2 aromatic carbocycles. The molecule has 2 heterocycles. The third-order valence-electron chi connectivity index (χ3n) is 4.15. The molecule has 1 amide bonds. The normalized spacial score (nSPS) is 10.5. The number of nitro benzene ring substituents is 1. The Labute approximate surface area is 169 Å². The summed E-state index contributed by atoms with van der Waals surface area (Å²) in [6.45, 7) is 0. The molecular weight excluding hydrogens is 388 g/mol. The Balaban J connectivity index is 1.55. The fourth-order valence-corrected chi connectivity index (χ4v) is 3.57. The highest BCUT2D eigenvalue weighted by molar-refractivity contribution is 7.13. The summed E-state index contributed by atoms with van der Waals surface area (Å²) in [4.78, 5) is 31.6. The van der Waals surface area contributed by atoms with Gasteiger partial charge in [0.1, 0.15) is 5.01 Å². The molecule has 0 unspecified atom stereocenters. The number of hydrogen-bond acceptors (Lipinski definition) is 6. The summed E-state index contributed by atoms with van der Waals surface area (Å²) in [5, 5.41) is 16.5. The summed E-state index contributed by atoms with van der Waals surface area (Å²) in [7, 11) is 0. The molecule has 2 aromatic heterocycles. The molecule has 0 bridgehead atoms. The highest BCUT2D eigenvalue weighted by Crippen LogP contribution is 2.29. The van der Waals surface area contributed by atoms with Crippen molar-refractivity contribution in [1.29, 1.82) is 0 Å². The van der Waals surface area contributed by atoms with Crippen LogP contribution in [0, 0.1) is 10.1 Å². The Morgan fingerprint density at radius 3 is 2.66 bits per heavy atom. The first-order chi connectivity index (χ1) is 14.1.